The van der Waals surface area contributed by atoms with Gasteiger partial charge >= 0.3 is 12.1 Å². The number of carboxylic acids is 1. The lowest BCUT2D eigenvalue weighted by Gasteiger charge is -2.30. The number of halogens is 3. The molecule has 1 atom stereocenters. The molecule has 2 aromatic carbocycles. The molecule has 0 amide bonds. The molecule has 0 radical (unpaired) electrons. The predicted molar refractivity (Wildman–Crippen MR) is 108 cm³/mol. The zero-order chi connectivity index (χ0) is 21.8. The number of carbonyl (C=O) groups is 1. The Kier molecular flexibility index (Phi) is 7.27. The van der Waals surface area contributed by atoms with E-state index in [-0.39, 0.29) is 28.6 Å². The molecule has 2 rings (SSSR count). The van der Waals surface area contributed by atoms with Gasteiger partial charge in [0.15, 0.2) is 0 Å². The minimum absolute atomic E-state index is 0.00470. The summed E-state index contributed by atoms with van der Waals surface area (Å²) in [5.41, 5.74) is -1.20. The van der Waals surface area contributed by atoms with Crippen molar-refractivity contribution >= 4 is 17.7 Å². The first-order chi connectivity index (χ1) is 13.5. The van der Waals surface area contributed by atoms with Crippen LogP contribution >= 0.6 is 11.8 Å². The van der Waals surface area contributed by atoms with Crippen molar-refractivity contribution in [3.8, 4) is 5.75 Å². The van der Waals surface area contributed by atoms with Gasteiger partial charge in [-0.05, 0) is 48.6 Å². The third-order valence-corrected chi connectivity index (χ3v) is 5.95. The Morgan fingerprint density at radius 3 is 2.17 bits per heavy atom. The Hall–Kier alpha value is -2.15. The molecule has 0 spiro atoms. The van der Waals surface area contributed by atoms with Gasteiger partial charge in [-0.25, -0.2) is 0 Å². The van der Waals surface area contributed by atoms with Gasteiger partial charge in [0.1, 0.15) is 5.75 Å². The Morgan fingerprint density at radius 2 is 1.69 bits per heavy atom. The van der Waals surface area contributed by atoms with Crippen molar-refractivity contribution in [1.29, 1.82) is 0 Å². The van der Waals surface area contributed by atoms with E-state index in [0.717, 1.165) is 23.4 Å². The standard InChI is InChI=1S/C22H25F3O3S/c1-14(2)12-21(3,20(26)27)17-6-5-7-18(22(23,24)25)19(17)29-13-15-8-10-16(28-4)11-9-15/h5-11,14H,12-13H2,1-4H3,(H,26,27). The minimum Gasteiger partial charge on any atom is -0.497 e. The van der Waals surface area contributed by atoms with Crippen LogP contribution < -0.4 is 4.74 Å². The van der Waals surface area contributed by atoms with Gasteiger partial charge in [-0.15, -0.1) is 11.8 Å². The fourth-order valence-electron chi connectivity index (χ4n) is 3.36. The summed E-state index contributed by atoms with van der Waals surface area (Å²) in [5.74, 6) is -0.186. The first-order valence-corrected chi connectivity index (χ1v) is 10.2. The average molecular weight is 427 g/mol. The quantitative estimate of drug-likeness (QED) is 0.497. The molecule has 0 heterocycles. The van der Waals surface area contributed by atoms with Gasteiger partial charge in [-0.3, -0.25) is 4.79 Å². The zero-order valence-corrected chi connectivity index (χ0v) is 17.7. The van der Waals surface area contributed by atoms with E-state index >= 15 is 0 Å². The second-order valence-electron chi connectivity index (χ2n) is 7.55. The fraction of sp³-hybridized carbons (Fsp3) is 0.409. The molecule has 7 heteroatoms. The summed E-state index contributed by atoms with van der Waals surface area (Å²) in [7, 11) is 1.54. The van der Waals surface area contributed by atoms with Crippen LogP contribution in [-0.4, -0.2) is 18.2 Å². The second kappa shape index (κ2) is 9.11. The molecule has 0 bridgehead atoms. The topological polar surface area (TPSA) is 46.5 Å². The largest absolute Gasteiger partial charge is 0.497 e. The highest BCUT2D eigenvalue weighted by Gasteiger charge is 2.42. The number of hydrogen-bond donors (Lipinski definition) is 1. The molecular weight excluding hydrogens is 401 g/mol. The highest BCUT2D eigenvalue weighted by Crippen LogP contribution is 2.45. The Labute approximate surface area is 173 Å². The van der Waals surface area contributed by atoms with Crippen LogP contribution in [0.5, 0.6) is 5.75 Å². The van der Waals surface area contributed by atoms with Crippen molar-refractivity contribution in [2.45, 2.75) is 49.4 Å². The monoisotopic (exact) mass is 426 g/mol. The number of aliphatic carboxylic acids is 1. The Bertz CT molecular complexity index is 847. The Morgan fingerprint density at radius 1 is 1.10 bits per heavy atom. The number of alkyl halides is 3. The summed E-state index contributed by atoms with van der Waals surface area (Å²) in [6.45, 7) is 5.22. The SMILES string of the molecule is COc1ccc(CSc2c(C(F)(F)F)cccc2C(C)(CC(C)C)C(=O)O)cc1. The van der Waals surface area contributed by atoms with E-state index in [2.05, 4.69) is 0 Å². The predicted octanol–water partition coefficient (Wildman–Crippen LogP) is 6.39. The molecule has 0 saturated heterocycles. The number of ether oxygens (including phenoxy) is 1. The normalized spacial score (nSPS) is 13.9. The molecule has 2 aromatic rings. The molecule has 158 valence electrons. The molecule has 0 aromatic heterocycles. The molecule has 0 aliphatic carbocycles. The molecule has 29 heavy (non-hydrogen) atoms. The number of methoxy groups -OCH3 is 1. The highest BCUT2D eigenvalue weighted by atomic mass is 32.2. The molecule has 3 nitrogen and oxygen atoms in total. The van der Waals surface area contributed by atoms with Gasteiger partial charge in [0.2, 0.25) is 0 Å². The number of hydrogen-bond acceptors (Lipinski definition) is 3. The van der Waals surface area contributed by atoms with Crippen molar-refractivity contribution in [1.82, 2.24) is 0 Å². The van der Waals surface area contributed by atoms with Crippen molar-refractivity contribution in [3.05, 3.63) is 59.2 Å². The second-order valence-corrected chi connectivity index (χ2v) is 8.54. The average Bonchev–Trinajstić information content (AvgIpc) is 2.65. The van der Waals surface area contributed by atoms with Crippen LogP contribution in [0.25, 0.3) is 0 Å². The molecule has 0 aliphatic rings. The lowest BCUT2D eigenvalue weighted by molar-refractivity contribution is -0.145. The van der Waals surface area contributed by atoms with Gasteiger partial charge in [0.25, 0.3) is 0 Å². The summed E-state index contributed by atoms with van der Waals surface area (Å²) in [6, 6.07) is 10.9. The molecule has 1 unspecified atom stereocenters. The van der Waals surface area contributed by atoms with E-state index in [4.69, 9.17) is 4.74 Å². The van der Waals surface area contributed by atoms with E-state index in [9.17, 15) is 23.1 Å². The van der Waals surface area contributed by atoms with Crippen LogP contribution in [0.4, 0.5) is 13.2 Å². The number of benzene rings is 2. The molecule has 1 N–H and O–H groups in total. The van der Waals surface area contributed by atoms with Gasteiger partial charge in [-0.2, -0.15) is 13.2 Å². The van der Waals surface area contributed by atoms with Crippen molar-refractivity contribution in [2.24, 2.45) is 5.92 Å². The summed E-state index contributed by atoms with van der Waals surface area (Å²) < 4.78 is 46.3. The fourth-order valence-corrected chi connectivity index (χ4v) is 4.65. The van der Waals surface area contributed by atoms with Gasteiger partial charge in [0, 0.05) is 10.6 Å². The lowest BCUT2D eigenvalue weighted by Crippen LogP contribution is -2.35. The van der Waals surface area contributed by atoms with Gasteiger partial charge in [0.05, 0.1) is 18.1 Å². The number of thioether (sulfide) groups is 1. The maximum atomic E-state index is 13.7. The smallest absolute Gasteiger partial charge is 0.417 e. The van der Waals surface area contributed by atoms with Crippen LogP contribution in [-0.2, 0) is 22.1 Å². The molecule has 0 fully saturated rings. The Balaban J connectivity index is 2.52. The van der Waals surface area contributed by atoms with Crippen molar-refractivity contribution < 1.29 is 27.8 Å². The summed E-state index contributed by atoms with van der Waals surface area (Å²) in [5, 5.41) is 9.89. The first kappa shape index (κ1) is 23.1. The van der Waals surface area contributed by atoms with Crippen molar-refractivity contribution in [2.75, 3.05) is 7.11 Å². The summed E-state index contributed by atoms with van der Waals surface area (Å²) in [6.07, 6.45) is -4.34. The van der Waals surface area contributed by atoms with Crippen LogP contribution in [0.15, 0.2) is 47.4 Å². The molecule has 0 aliphatic heterocycles. The maximum Gasteiger partial charge on any atom is 0.417 e. The van der Waals surface area contributed by atoms with E-state index in [1.807, 2.05) is 13.8 Å². The van der Waals surface area contributed by atoms with Crippen LogP contribution in [0.3, 0.4) is 0 Å². The third-order valence-electron chi connectivity index (χ3n) is 4.75. The first-order valence-electron chi connectivity index (χ1n) is 9.19. The highest BCUT2D eigenvalue weighted by molar-refractivity contribution is 7.98. The van der Waals surface area contributed by atoms with E-state index in [1.54, 1.807) is 24.3 Å². The summed E-state index contributed by atoms with van der Waals surface area (Å²) >= 11 is 1.01. The zero-order valence-electron chi connectivity index (χ0n) is 16.8. The van der Waals surface area contributed by atoms with Crippen molar-refractivity contribution in [3.63, 3.8) is 0 Å². The minimum atomic E-state index is -4.57. The van der Waals surface area contributed by atoms with Gasteiger partial charge in [-0.1, -0.05) is 38.1 Å². The van der Waals surface area contributed by atoms with E-state index in [1.165, 1.54) is 26.2 Å². The molecular formula is C22H25F3O3S. The maximum absolute atomic E-state index is 13.7. The number of carboxylic acid groups (broad SMARTS) is 1. The van der Waals surface area contributed by atoms with Crippen LogP contribution in [0.1, 0.15) is 43.9 Å². The van der Waals surface area contributed by atoms with Crippen LogP contribution in [0, 0.1) is 5.92 Å². The van der Waals surface area contributed by atoms with Gasteiger partial charge < -0.3 is 9.84 Å². The van der Waals surface area contributed by atoms with E-state index in [0.29, 0.717) is 5.75 Å². The molecule has 0 saturated carbocycles. The number of rotatable bonds is 8. The van der Waals surface area contributed by atoms with Crippen LogP contribution in [0.2, 0.25) is 0 Å². The third kappa shape index (κ3) is 5.47. The van der Waals surface area contributed by atoms with E-state index < -0.39 is 23.1 Å². The lowest BCUT2D eigenvalue weighted by atomic mass is 9.75. The summed E-state index contributed by atoms with van der Waals surface area (Å²) in [4.78, 5) is 12.1.